The molecule has 25 heavy (non-hydrogen) atoms. The number of nitrogens with one attached hydrogen (secondary N) is 2. The minimum atomic E-state index is 0.549. The standard InChI is InChI=1S/C19H27N5O/c1-5-20-19(22-13-15-9-6-7-11-17(15)25-4)23-14-16-10-8-12-21-18(16)24(2)3/h6-12H,5,13-14H2,1-4H3,(H2,20,22,23). The van der Waals surface area contributed by atoms with Gasteiger partial charge >= 0.3 is 0 Å². The predicted molar refractivity (Wildman–Crippen MR) is 103 cm³/mol. The maximum Gasteiger partial charge on any atom is 0.191 e. The molecule has 134 valence electrons. The topological polar surface area (TPSA) is 61.8 Å². The molecule has 0 aliphatic rings. The lowest BCUT2D eigenvalue weighted by Gasteiger charge is -2.17. The first kappa shape index (κ1) is 18.6. The number of hydrogen-bond acceptors (Lipinski definition) is 4. The van der Waals surface area contributed by atoms with Crippen LogP contribution in [0, 0.1) is 0 Å². The molecule has 0 saturated carbocycles. The highest BCUT2D eigenvalue weighted by molar-refractivity contribution is 5.79. The Morgan fingerprint density at radius 2 is 1.88 bits per heavy atom. The lowest BCUT2D eigenvalue weighted by Crippen LogP contribution is -2.37. The smallest absolute Gasteiger partial charge is 0.191 e. The van der Waals surface area contributed by atoms with Crippen molar-refractivity contribution in [2.45, 2.75) is 20.0 Å². The quantitative estimate of drug-likeness (QED) is 0.598. The molecule has 6 nitrogen and oxygen atoms in total. The van der Waals surface area contributed by atoms with E-state index in [9.17, 15) is 0 Å². The molecule has 1 heterocycles. The van der Waals surface area contributed by atoms with Crippen molar-refractivity contribution in [3.63, 3.8) is 0 Å². The Morgan fingerprint density at radius 1 is 1.12 bits per heavy atom. The van der Waals surface area contributed by atoms with Crippen LogP contribution in [0.5, 0.6) is 5.75 Å². The van der Waals surface area contributed by atoms with Gasteiger partial charge in [-0.05, 0) is 19.1 Å². The Balaban J connectivity index is 2.08. The normalized spacial score (nSPS) is 11.1. The molecule has 0 bridgehead atoms. The molecule has 0 spiro atoms. The summed E-state index contributed by atoms with van der Waals surface area (Å²) in [7, 11) is 5.66. The van der Waals surface area contributed by atoms with Crippen molar-refractivity contribution in [3.8, 4) is 5.75 Å². The molecule has 0 amide bonds. The largest absolute Gasteiger partial charge is 0.496 e. The number of aliphatic imine (C=N–C) groups is 1. The molecule has 0 aliphatic carbocycles. The van der Waals surface area contributed by atoms with Crippen molar-refractivity contribution in [2.24, 2.45) is 4.99 Å². The summed E-state index contributed by atoms with van der Waals surface area (Å²) >= 11 is 0. The van der Waals surface area contributed by atoms with Gasteiger partial charge in [-0.2, -0.15) is 0 Å². The summed E-state index contributed by atoms with van der Waals surface area (Å²) in [5, 5.41) is 6.64. The number of benzene rings is 1. The summed E-state index contributed by atoms with van der Waals surface area (Å²) in [5.74, 6) is 2.57. The van der Waals surface area contributed by atoms with Crippen LogP contribution in [0.2, 0.25) is 0 Å². The van der Waals surface area contributed by atoms with Gasteiger partial charge in [0.2, 0.25) is 0 Å². The average Bonchev–Trinajstić information content (AvgIpc) is 2.64. The molecular weight excluding hydrogens is 314 g/mol. The zero-order valence-electron chi connectivity index (χ0n) is 15.4. The molecule has 2 rings (SSSR count). The minimum absolute atomic E-state index is 0.549. The highest BCUT2D eigenvalue weighted by atomic mass is 16.5. The molecule has 0 aliphatic heterocycles. The van der Waals surface area contributed by atoms with Crippen LogP contribution >= 0.6 is 0 Å². The number of ether oxygens (including phenoxy) is 1. The monoisotopic (exact) mass is 341 g/mol. The molecule has 2 N–H and O–H groups in total. The van der Waals surface area contributed by atoms with E-state index in [1.54, 1.807) is 13.3 Å². The van der Waals surface area contributed by atoms with Gasteiger partial charge in [0.1, 0.15) is 11.6 Å². The molecule has 1 aromatic heterocycles. The van der Waals surface area contributed by atoms with Crippen molar-refractivity contribution in [3.05, 3.63) is 53.7 Å². The number of pyridine rings is 1. The first-order valence-electron chi connectivity index (χ1n) is 8.41. The lowest BCUT2D eigenvalue weighted by atomic mass is 10.2. The molecule has 0 unspecified atom stereocenters. The Hall–Kier alpha value is -2.76. The van der Waals surface area contributed by atoms with E-state index in [1.165, 1.54) is 0 Å². The molecule has 6 heteroatoms. The maximum atomic E-state index is 5.39. The van der Waals surface area contributed by atoms with Gasteiger partial charge in [-0.1, -0.05) is 24.3 Å². The Bertz CT molecular complexity index is 700. The Morgan fingerprint density at radius 3 is 2.60 bits per heavy atom. The summed E-state index contributed by atoms with van der Waals surface area (Å²) in [4.78, 5) is 11.1. The summed E-state index contributed by atoms with van der Waals surface area (Å²) in [5.41, 5.74) is 2.17. The second-order valence-corrected chi connectivity index (χ2v) is 5.74. The lowest BCUT2D eigenvalue weighted by molar-refractivity contribution is 0.410. The Kier molecular flexibility index (Phi) is 7.07. The van der Waals surface area contributed by atoms with E-state index in [2.05, 4.69) is 33.6 Å². The highest BCUT2D eigenvalue weighted by Crippen LogP contribution is 2.18. The first-order valence-corrected chi connectivity index (χ1v) is 8.41. The first-order chi connectivity index (χ1) is 12.2. The molecule has 0 atom stereocenters. The van der Waals surface area contributed by atoms with E-state index >= 15 is 0 Å². The van der Waals surface area contributed by atoms with Gasteiger partial charge in [-0.3, -0.25) is 0 Å². The van der Waals surface area contributed by atoms with Crippen LogP contribution in [0.3, 0.4) is 0 Å². The number of nitrogens with zero attached hydrogens (tertiary/aromatic N) is 3. The maximum absolute atomic E-state index is 5.39. The van der Waals surface area contributed by atoms with E-state index in [4.69, 9.17) is 4.74 Å². The number of guanidine groups is 1. The number of para-hydroxylation sites is 1. The number of aromatic nitrogens is 1. The van der Waals surface area contributed by atoms with Crippen molar-refractivity contribution in [1.29, 1.82) is 0 Å². The summed E-state index contributed by atoms with van der Waals surface area (Å²) in [6.45, 7) is 4.05. The fraction of sp³-hybridized carbons (Fsp3) is 0.368. The van der Waals surface area contributed by atoms with Gasteiger partial charge in [-0.15, -0.1) is 0 Å². The van der Waals surface area contributed by atoms with E-state index in [1.807, 2.05) is 49.3 Å². The van der Waals surface area contributed by atoms with Crippen molar-refractivity contribution in [1.82, 2.24) is 15.6 Å². The van der Waals surface area contributed by atoms with Crippen LogP contribution < -0.4 is 20.3 Å². The molecule has 2 aromatic rings. The fourth-order valence-corrected chi connectivity index (χ4v) is 2.49. The number of methoxy groups -OCH3 is 1. The number of rotatable bonds is 7. The zero-order chi connectivity index (χ0) is 18.1. The average molecular weight is 341 g/mol. The molecule has 1 aromatic carbocycles. The summed E-state index contributed by atoms with van der Waals surface area (Å²) in [6.07, 6.45) is 1.81. The third-order valence-corrected chi connectivity index (χ3v) is 3.68. The van der Waals surface area contributed by atoms with Gasteiger partial charge in [-0.25, -0.2) is 9.98 Å². The number of anilines is 1. The second-order valence-electron chi connectivity index (χ2n) is 5.74. The van der Waals surface area contributed by atoms with Crippen LogP contribution in [-0.2, 0) is 13.1 Å². The van der Waals surface area contributed by atoms with Crippen LogP contribution in [0.4, 0.5) is 5.82 Å². The van der Waals surface area contributed by atoms with Crippen molar-refractivity contribution >= 4 is 11.8 Å². The SMILES string of the molecule is CCNC(=NCc1ccccc1OC)NCc1cccnc1N(C)C. The van der Waals surface area contributed by atoms with Crippen LogP contribution in [0.1, 0.15) is 18.1 Å². The molecular formula is C19H27N5O. The Labute approximate surface area is 149 Å². The van der Waals surface area contributed by atoms with Crippen LogP contribution in [-0.4, -0.2) is 38.7 Å². The van der Waals surface area contributed by atoms with Crippen LogP contribution in [0.15, 0.2) is 47.6 Å². The highest BCUT2D eigenvalue weighted by Gasteiger charge is 2.07. The molecule has 0 fully saturated rings. The van der Waals surface area contributed by atoms with Crippen molar-refractivity contribution in [2.75, 3.05) is 32.6 Å². The third-order valence-electron chi connectivity index (χ3n) is 3.68. The van der Waals surface area contributed by atoms with E-state index < -0.39 is 0 Å². The third kappa shape index (κ3) is 5.38. The van der Waals surface area contributed by atoms with E-state index in [0.717, 1.165) is 35.2 Å². The van der Waals surface area contributed by atoms with E-state index in [0.29, 0.717) is 13.1 Å². The van der Waals surface area contributed by atoms with Gasteiger partial charge in [0, 0.05) is 44.5 Å². The summed E-state index contributed by atoms with van der Waals surface area (Å²) in [6, 6.07) is 11.9. The minimum Gasteiger partial charge on any atom is -0.496 e. The second kappa shape index (κ2) is 9.52. The van der Waals surface area contributed by atoms with Gasteiger partial charge in [0.15, 0.2) is 5.96 Å². The van der Waals surface area contributed by atoms with Gasteiger partial charge in [0.05, 0.1) is 13.7 Å². The van der Waals surface area contributed by atoms with Crippen molar-refractivity contribution < 1.29 is 4.74 Å². The van der Waals surface area contributed by atoms with Gasteiger partial charge in [0.25, 0.3) is 0 Å². The number of hydrogen-bond donors (Lipinski definition) is 2. The molecule has 0 saturated heterocycles. The predicted octanol–water partition coefficient (Wildman–Crippen LogP) is 2.41. The van der Waals surface area contributed by atoms with E-state index in [-0.39, 0.29) is 0 Å². The van der Waals surface area contributed by atoms with Crippen LogP contribution in [0.25, 0.3) is 0 Å². The fourth-order valence-electron chi connectivity index (χ4n) is 2.49. The van der Waals surface area contributed by atoms with Gasteiger partial charge < -0.3 is 20.3 Å². The molecule has 0 radical (unpaired) electrons. The zero-order valence-corrected chi connectivity index (χ0v) is 15.4. The summed E-state index contributed by atoms with van der Waals surface area (Å²) < 4.78 is 5.39.